The van der Waals surface area contributed by atoms with Crippen LogP contribution in [0.15, 0.2) is 0 Å². The first kappa shape index (κ1) is 11.4. The summed E-state index contributed by atoms with van der Waals surface area (Å²) in [6.07, 6.45) is 5.17. The maximum absolute atomic E-state index is 12.1. The van der Waals surface area contributed by atoms with Crippen LogP contribution in [0.25, 0.3) is 0 Å². The summed E-state index contributed by atoms with van der Waals surface area (Å²) in [7, 11) is 0. The number of rotatable bonds is 2. The van der Waals surface area contributed by atoms with Crippen LogP contribution < -0.4 is 5.32 Å². The van der Waals surface area contributed by atoms with Gasteiger partial charge in [0, 0.05) is 19.3 Å². The second-order valence-corrected chi connectivity index (χ2v) is 4.76. The topological polar surface area (TPSA) is 62.1 Å². The number of nitrogens with zero attached hydrogens (tertiary/aromatic N) is 1. The van der Waals surface area contributed by atoms with E-state index >= 15 is 0 Å². The van der Waals surface area contributed by atoms with E-state index < -0.39 is 5.41 Å². The van der Waals surface area contributed by atoms with Gasteiger partial charge < -0.3 is 10.1 Å². The third kappa shape index (κ3) is 2.19. The summed E-state index contributed by atoms with van der Waals surface area (Å²) >= 11 is 0. The maximum atomic E-state index is 12.1. The van der Waals surface area contributed by atoms with Crippen LogP contribution in [-0.2, 0) is 9.53 Å². The Bertz CT molecular complexity index is 297. The Balaban J connectivity index is 1.93. The Hall–Kier alpha value is -1.08. The zero-order chi connectivity index (χ0) is 11.4. The first-order valence-electron chi connectivity index (χ1n) is 6.07. The van der Waals surface area contributed by atoms with Crippen molar-refractivity contribution in [3.63, 3.8) is 0 Å². The van der Waals surface area contributed by atoms with E-state index in [1.807, 2.05) is 0 Å². The summed E-state index contributed by atoms with van der Waals surface area (Å²) in [5, 5.41) is 12.2. The fraction of sp³-hybridized carbons (Fsp3) is 0.833. The van der Waals surface area contributed by atoms with Crippen LogP contribution in [0.4, 0.5) is 0 Å². The normalized spacial score (nSPS) is 24.9. The van der Waals surface area contributed by atoms with Crippen LogP contribution in [-0.4, -0.2) is 25.2 Å². The minimum absolute atomic E-state index is 0.0561. The Morgan fingerprint density at radius 3 is 2.50 bits per heavy atom. The Kier molecular flexibility index (Phi) is 3.45. The Morgan fingerprint density at radius 1 is 1.31 bits per heavy atom. The van der Waals surface area contributed by atoms with Gasteiger partial charge in [-0.15, -0.1) is 0 Å². The zero-order valence-electron chi connectivity index (χ0n) is 9.50. The van der Waals surface area contributed by atoms with E-state index in [4.69, 9.17) is 4.74 Å². The molecule has 0 unspecified atom stereocenters. The van der Waals surface area contributed by atoms with Gasteiger partial charge in [-0.2, -0.15) is 5.26 Å². The average molecular weight is 222 g/mol. The lowest BCUT2D eigenvalue weighted by Gasteiger charge is -2.27. The van der Waals surface area contributed by atoms with Crippen molar-refractivity contribution >= 4 is 5.91 Å². The van der Waals surface area contributed by atoms with Gasteiger partial charge in [0.1, 0.15) is 5.41 Å². The zero-order valence-corrected chi connectivity index (χ0v) is 9.50. The lowest BCUT2D eigenvalue weighted by Crippen LogP contribution is -2.45. The van der Waals surface area contributed by atoms with Crippen LogP contribution in [0.2, 0.25) is 0 Å². The molecule has 0 spiro atoms. The lowest BCUT2D eigenvalue weighted by molar-refractivity contribution is -0.129. The van der Waals surface area contributed by atoms with Crippen LogP contribution >= 0.6 is 0 Å². The molecule has 0 aromatic rings. The van der Waals surface area contributed by atoms with Gasteiger partial charge in [-0.25, -0.2) is 0 Å². The highest BCUT2D eigenvalue weighted by atomic mass is 16.5. The number of hydrogen-bond donors (Lipinski definition) is 1. The molecule has 1 aliphatic heterocycles. The molecule has 1 aliphatic carbocycles. The molecule has 1 amide bonds. The van der Waals surface area contributed by atoms with E-state index in [2.05, 4.69) is 11.4 Å². The van der Waals surface area contributed by atoms with Gasteiger partial charge in [-0.3, -0.25) is 4.79 Å². The van der Waals surface area contributed by atoms with E-state index in [0.717, 1.165) is 38.5 Å². The molecule has 0 atom stereocenters. The first-order chi connectivity index (χ1) is 7.77. The quantitative estimate of drug-likeness (QED) is 0.767. The molecule has 0 radical (unpaired) electrons. The molecule has 0 bridgehead atoms. The van der Waals surface area contributed by atoms with Gasteiger partial charge in [-0.1, -0.05) is 12.8 Å². The lowest BCUT2D eigenvalue weighted by atomic mass is 9.86. The van der Waals surface area contributed by atoms with Crippen LogP contribution in [0.1, 0.15) is 38.5 Å². The van der Waals surface area contributed by atoms with Crippen molar-refractivity contribution in [2.24, 2.45) is 5.41 Å². The minimum atomic E-state index is -0.738. The number of carbonyl (C=O) groups excluding carboxylic acids is 1. The molecule has 4 heteroatoms. The molecule has 16 heavy (non-hydrogen) atoms. The van der Waals surface area contributed by atoms with Crippen molar-refractivity contribution in [3.8, 4) is 6.07 Å². The second kappa shape index (κ2) is 4.84. The largest absolute Gasteiger partial charge is 0.381 e. The van der Waals surface area contributed by atoms with Gasteiger partial charge in [0.15, 0.2) is 0 Å². The molecule has 1 heterocycles. The third-order valence-electron chi connectivity index (χ3n) is 3.66. The highest BCUT2D eigenvalue weighted by Crippen LogP contribution is 2.37. The fourth-order valence-corrected chi connectivity index (χ4v) is 2.53. The standard InChI is InChI=1S/C12H18N2O2/c13-9-12(5-1-2-6-12)11(15)14-10-3-7-16-8-4-10/h10H,1-8H2,(H,14,15). The summed E-state index contributed by atoms with van der Waals surface area (Å²) in [6, 6.07) is 2.42. The minimum Gasteiger partial charge on any atom is -0.381 e. The van der Waals surface area contributed by atoms with E-state index in [1.165, 1.54) is 0 Å². The number of nitrogens with one attached hydrogen (secondary N) is 1. The van der Waals surface area contributed by atoms with E-state index in [-0.39, 0.29) is 11.9 Å². The van der Waals surface area contributed by atoms with Crippen molar-refractivity contribution in [2.45, 2.75) is 44.6 Å². The number of hydrogen-bond acceptors (Lipinski definition) is 3. The van der Waals surface area contributed by atoms with E-state index in [1.54, 1.807) is 0 Å². The molecule has 2 rings (SSSR count). The molecular formula is C12H18N2O2. The van der Waals surface area contributed by atoms with Gasteiger partial charge >= 0.3 is 0 Å². The molecule has 88 valence electrons. The fourth-order valence-electron chi connectivity index (χ4n) is 2.53. The first-order valence-corrected chi connectivity index (χ1v) is 6.07. The summed E-state index contributed by atoms with van der Waals surface area (Å²) < 4.78 is 5.24. The van der Waals surface area contributed by atoms with Gasteiger partial charge in [0.05, 0.1) is 6.07 Å². The maximum Gasteiger partial charge on any atom is 0.240 e. The summed E-state index contributed by atoms with van der Waals surface area (Å²) in [5.41, 5.74) is -0.738. The highest BCUT2D eigenvalue weighted by molar-refractivity contribution is 5.85. The van der Waals surface area contributed by atoms with Gasteiger partial charge in [0.2, 0.25) is 5.91 Å². The van der Waals surface area contributed by atoms with Crippen LogP contribution in [0.3, 0.4) is 0 Å². The van der Waals surface area contributed by atoms with Crippen LogP contribution in [0, 0.1) is 16.7 Å². The van der Waals surface area contributed by atoms with Crippen LogP contribution in [0.5, 0.6) is 0 Å². The third-order valence-corrected chi connectivity index (χ3v) is 3.66. The van der Waals surface area contributed by atoms with Crippen molar-refractivity contribution in [1.82, 2.24) is 5.32 Å². The summed E-state index contributed by atoms with van der Waals surface area (Å²) in [6.45, 7) is 1.43. The van der Waals surface area contributed by atoms with Crippen molar-refractivity contribution in [2.75, 3.05) is 13.2 Å². The van der Waals surface area contributed by atoms with E-state index in [0.29, 0.717) is 13.2 Å². The molecule has 1 N–H and O–H groups in total. The average Bonchev–Trinajstić information content (AvgIpc) is 2.80. The van der Waals surface area contributed by atoms with Crippen molar-refractivity contribution in [1.29, 1.82) is 5.26 Å². The van der Waals surface area contributed by atoms with Gasteiger partial charge in [-0.05, 0) is 25.7 Å². The molecule has 1 saturated carbocycles. The van der Waals surface area contributed by atoms with Crippen molar-refractivity contribution < 1.29 is 9.53 Å². The molecular weight excluding hydrogens is 204 g/mol. The number of carbonyl (C=O) groups is 1. The monoisotopic (exact) mass is 222 g/mol. The molecule has 2 aliphatic rings. The number of ether oxygens (including phenoxy) is 1. The van der Waals surface area contributed by atoms with E-state index in [9.17, 15) is 10.1 Å². The molecule has 0 aromatic heterocycles. The SMILES string of the molecule is N#CC1(C(=O)NC2CCOCC2)CCCC1. The predicted octanol–water partition coefficient (Wildman–Crippen LogP) is 1.37. The Labute approximate surface area is 96.0 Å². The molecule has 2 fully saturated rings. The van der Waals surface area contributed by atoms with Gasteiger partial charge in [0.25, 0.3) is 0 Å². The second-order valence-electron chi connectivity index (χ2n) is 4.76. The number of nitriles is 1. The number of amides is 1. The predicted molar refractivity (Wildman–Crippen MR) is 58.5 cm³/mol. The molecule has 4 nitrogen and oxygen atoms in total. The Morgan fingerprint density at radius 2 is 1.94 bits per heavy atom. The summed E-state index contributed by atoms with van der Waals surface area (Å²) in [4.78, 5) is 12.1. The summed E-state index contributed by atoms with van der Waals surface area (Å²) in [5.74, 6) is -0.0561. The highest BCUT2D eigenvalue weighted by Gasteiger charge is 2.42. The smallest absolute Gasteiger partial charge is 0.240 e. The van der Waals surface area contributed by atoms with Crippen molar-refractivity contribution in [3.05, 3.63) is 0 Å². The molecule has 0 aromatic carbocycles. The molecule has 1 saturated heterocycles.